The molecule has 1 amide bonds. The molecule has 0 saturated heterocycles. The summed E-state index contributed by atoms with van der Waals surface area (Å²) in [5, 5.41) is 13.5. The third-order valence-corrected chi connectivity index (χ3v) is 4.18. The van der Waals surface area contributed by atoms with Crippen LogP contribution in [0, 0.1) is 0 Å². The maximum absolute atomic E-state index is 12.0. The second-order valence-electron chi connectivity index (χ2n) is 4.74. The quantitative estimate of drug-likeness (QED) is 0.893. The highest BCUT2D eigenvalue weighted by Gasteiger charge is 2.31. The van der Waals surface area contributed by atoms with E-state index < -0.39 is 5.60 Å². The molecule has 1 aliphatic rings. The molecular formula is C13H15BrClNO2. The summed E-state index contributed by atoms with van der Waals surface area (Å²) in [5.41, 5.74) is -0.199. The molecule has 0 atom stereocenters. The zero-order valence-corrected chi connectivity index (χ0v) is 12.2. The summed E-state index contributed by atoms with van der Waals surface area (Å²) in [4.78, 5) is 12.0. The zero-order chi connectivity index (χ0) is 13.2. The second-order valence-corrected chi connectivity index (χ2v) is 6.03. The molecule has 0 unspecified atom stereocenters. The lowest BCUT2D eigenvalue weighted by atomic mass is 10.0. The number of carbonyl (C=O) groups excluding carboxylic acids is 1. The number of carbonyl (C=O) groups is 1. The van der Waals surface area contributed by atoms with E-state index >= 15 is 0 Å². The highest BCUT2D eigenvalue weighted by atomic mass is 79.9. The molecular weight excluding hydrogens is 318 g/mol. The predicted octanol–water partition coefficient (Wildman–Crippen LogP) is 3.14. The van der Waals surface area contributed by atoms with Crippen LogP contribution in [-0.4, -0.2) is 23.2 Å². The average molecular weight is 333 g/mol. The van der Waals surface area contributed by atoms with Gasteiger partial charge in [-0.3, -0.25) is 4.79 Å². The summed E-state index contributed by atoms with van der Waals surface area (Å²) >= 11 is 9.13. The number of nitrogens with one attached hydrogen (secondary N) is 1. The van der Waals surface area contributed by atoms with Gasteiger partial charge in [-0.1, -0.05) is 24.4 Å². The largest absolute Gasteiger partial charge is 0.388 e. The van der Waals surface area contributed by atoms with Crippen LogP contribution in [0.15, 0.2) is 22.7 Å². The van der Waals surface area contributed by atoms with Crippen molar-refractivity contribution in [2.24, 2.45) is 0 Å². The van der Waals surface area contributed by atoms with Gasteiger partial charge in [0, 0.05) is 16.0 Å². The molecule has 1 aromatic rings. The van der Waals surface area contributed by atoms with E-state index in [9.17, 15) is 9.90 Å². The first-order chi connectivity index (χ1) is 8.50. The molecule has 5 heteroatoms. The van der Waals surface area contributed by atoms with Crippen molar-refractivity contribution in [2.45, 2.75) is 31.3 Å². The van der Waals surface area contributed by atoms with Gasteiger partial charge in [-0.05, 0) is 47.0 Å². The van der Waals surface area contributed by atoms with E-state index in [0.717, 1.165) is 25.7 Å². The number of hydrogen-bond acceptors (Lipinski definition) is 2. The van der Waals surface area contributed by atoms with Crippen molar-refractivity contribution in [3.8, 4) is 0 Å². The molecule has 98 valence electrons. The minimum atomic E-state index is -0.728. The molecule has 1 fully saturated rings. The van der Waals surface area contributed by atoms with E-state index in [2.05, 4.69) is 21.2 Å². The zero-order valence-electron chi connectivity index (χ0n) is 9.88. The van der Waals surface area contributed by atoms with Crippen molar-refractivity contribution in [2.75, 3.05) is 6.54 Å². The Kier molecular flexibility index (Phi) is 4.30. The van der Waals surface area contributed by atoms with Crippen molar-refractivity contribution < 1.29 is 9.90 Å². The van der Waals surface area contributed by atoms with Crippen LogP contribution >= 0.6 is 27.5 Å². The van der Waals surface area contributed by atoms with Gasteiger partial charge < -0.3 is 10.4 Å². The van der Waals surface area contributed by atoms with Crippen LogP contribution < -0.4 is 5.32 Å². The van der Waals surface area contributed by atoms with E-state index in [-0.39, 0.29) is 5.91 Å². The van der Waals surface area contributed by atoms with E-state index in [0.29, 0.717) is 21.6 Å². The maximum atomic E-state index is 12.0. The Morgan fingerprint density at radius 3 is 2.72 bits per heavy atom. The normalized spacial score (nSPS) is 17.7. The molecule has 0 radical (unpaired) electrons. The fraction of sp³-hybridized carbons (Fsp3) is 0.462. The van der Waals surface area contributed by atoms with Crippen LogP contribution in [0.1, 0.15) is 36.0 Å². The lowest BCUT2D eigenvalue weighted by Crippen LogP contribution is -2.40. The molecule has 1 saturated carbocycles. The first kappa shape index (κ1) is 13.8. The average Bonchev–Trinajstić information content (AvgIpc) is 2.74. The highest BCUT2D eigenvalue weighted by molar-refractivity contribution is 9.10. The van der Waals surface area contributed by atoms with Gasteiger partial charge in [-0.15, -0.1) is 0 Å². The molecule has 0 aliphatic heterocycles. The van der Waals surface area contributed by atoms with Gasteiger partial charge in [0.2, 0.25) is 0 Å². The molecule has 2 N–H and O–H groups in total. The molecule has 0 aromatic heterocycles. The van der Waals surface area contributed by atoms with Crippen LogP contribution in [-0.2, 0) is 0 Å². The molecule has 0 bridgehead atoms. The third-order valence-electron chi connectivity index (χ3n) is 3.29. The van der Waals surface area contributed by atoms with Gasteiger partial charge in [0.25, 0.3) is 5.91 Å². The monoisotopic (exact) mass is 331 g/mol. The van der Waals surface area contributed by atoms with Crippen LogP contribution in [0.4, 0.5) is 0 Å². The van der Waals surface area contributed by atoms with Crippen molar-refractivity contribution >= 4 is 33.4 Å². The lowest BCUT2D eigenvalue weighted by Gasteiger charge is -2.22. The second kappa shape index (κ2) is 5.59. The minimum Gasteiger partial charge on any atom is -0.388 e. The van der Waals surface area contributed by atoms with Crippen LogP contribution in [0.5, 0.6) is 0 Å². The van der Waals surface area contributed by atoms with Gasteiger partial charge in [-0.2, -0.15) is 0 Å². The number of hydrogen-bond donors (Lipinski definition) is 2. The molecule has 18 heavy (non-hydrogen) atoms. The molecule has 1 aliphatic carbocycles. The van der Waals surface area contributed by atoms with Crippen LogP contribution in [0.2, 0.25) is 5.02 Å². The number of aliphatic hydroxyl groups is 1. The minimum absolute atomic E-state index is 0.195. The first-order valence-corrected chi connectivity index (χ1v) is 7.13. The van der Waals surface area contributed by atoms with Gasteiger partial charge in [0.1, 0.15) is 0 Å². The highest BCUT2D eigenvalue weighted by Crippen LogP contribution is 2.29. The summed E-state index contributed by atoms with van der Waals surface area (Å²) in [6.07, 6.45) is 3.57. The first-order valence-electron chi connectivity index (χ1n) is 5.96. The number of halogens is 2. The maximum Gasteiger partial charge on any atom is 0.252 e. The number of amides is 1. The Hall–Kier alpha value is -0.580. The van der Waals surface area contributed by atoms with Gasteiger partial charge in [-0.25, -0.2) is 0 Å². The van der Waals surface area contributed by atoms with Crippen molar-refractivity contribution in [3.63, 3.8) is 0 Å². The van der Waals surface area contributed by atoms with Crippen LogP contribution in [0.25, 0.3) is 0 Å². The Bertz CT molecular complexity index is 458. The smallest absolute Gasteiger partial charge is 0.252 e. The van der Waals surface area contributed by atoms with E-state index in [4.69, 9.17) is 11.6 Å². The van der Waals surface area contributed by atoms with Crippen molar-refractivity contribution in [1.82, 2.24) is 5.32 Å². The summed E-state index contributed by atoms with van der Waals surface area (Å²) in [6.45, 7) is 0.306. The van der Waals surface area contributed by atoms with E-state index in [1.165, 1.54) is 0 Å². The van der Waals surface area contributed by atoms with Crippen molar-refractivity contribution in [1.29, 1.82) is 0 Å². The summed E-state index contributed by atoms with van der Waals surface area (Å²) < 4.78 is 0.658. The summed E-state index contributed by atoms with van der Waals surface area (Å²) in [6, 6.07) is 5.02. The SMILES string of the molecule is O=C(NCC1(O)CCCC1)c1ccc(Cl)cc1Br. The molecule has 1 aromatic carbocycles. The van der Waals surface area contributed by atoms with E-state index in [1.54, 1.807) is 18.2 Å². The predicted molar refractivity (Wildman–Crippen MR) is 74.9 cm³/mol. The summed E-state index contributed by atoms with van der Waals surface area (Å²) in [7, 11) is 0. The summed E-state index contributed by atoms with van der Waals surface area (Å²) in [5.74, 6) is -0.195. The standard InChI is InChI=1S/C13H15BrClNO2/c14-11-7-9(15)3-4-10(11)12(17)16-8-13(18)5-1-2-6-13/h3-4,7,18H,1-2,5-6,8H2,(H,16,17). The van der Waals surface area contributed by atoms with Gasteiger partial charge in [0.05, 0.1) is 11.2 Å². The Morgan fingerprint density at radius 2 is 2.11 bits per heavy atom. The number of benzene rings is 1. The van der Waals surface area contributed by atoms with Crippen molar-refractivity contribution in [3.05, 3.63) is 33.3 Å². The van der Waals surface area contributed by atoms with Crippen LogP contribution in [0.3, 0.4) is 0 Å². The fourth-order valence-corrected chi connectivity index (χ4v) is 3.09. The topological polar surface area (TPSA) is 49.3 Å². The molecule has 0 heterocycles. The number of rotatable bonds is 3. The van der Waals surface area contributed by atoms with E-state index in [1.807, 2.05) is 0 Å². The molecule has 0 spiro atoms. The third kappa shape index (κ3) is 3.25. The van der Waals surface area contributed by atoms with Gasteiger partial charge in [0.15, 0.2) is 0 Å². The van der Waals surface area contributed by atoms with Gasteiger partial charge >= 0.3 is 0 Å². The fourth-order valence-electron chi connectivity index (χ4n) is 2.22. The molecule has 2 rings (SSSR count). The molecule has 3 nitrogen and oxygen atoms in total. The lowest BCUT2D eigenvalue weighted by molar-refractivity contribution is 0.0449. The Morgan fingerprint density at radius 1 is 1.44 bits per heavy atom. The Labute approximate surface area is 120 Å². The Balaban J connectivity index is 1.99.